The molecule has 0 spiro atoms. The van der Waals surface area contributed by atoms with Crippen LogP contribution in [0.1, 0.15) is 67.9 Å². The quantitative estimate of drug-likeness (QED) is 0.809. The average molecular weight is 317 g/mol. The molecule has 1 saturated carbocycles. The molecule has 1 aliphatic rings. The maximum atomic E-state index is 12.0. The summed E-state index contributed by atoms with van der Waals surface area (Å²) in [5.74, 6) is 0.874. The van der Waals surface area contributed by atoms with Crippen molar-refractivity contribution in [3.05, 3.63) is 23.7 Å². The van der Waals surface area contributed by atoms with Crippen LogP contribution < -0.4 is 4.74 Å². The predicted molar refractivity (Wildman–Crippen MR) is 85.9 cm³/mol. The van der Waals surface area contributed by atoms with E-state index in [0.717, 1.165) is 5.69 Å². The van der Waals surface area contributed by atoms with E-state index in [2.05, 4.69) is 9.97 Å². The van der Waals surface area contributed by atoms with Gasteiger partial charge in [-0.05, 0) is 26.7 Å². The van der Waals surface area contributed by atoms with E-state index in [-0.39, 0.29) is 12.0 Å². The van der Waals surface area contributed by atoms with Crippen molar-refractivity contribution in [2.45, 2.75) is 58.0 Å². The molecular formula is C17H23N3O3. The summed E-state index contributed by atoms with van der Waals surface area (Å²) in [6.45, 7) is 3.79. The van der Waals surface area contributed by atoms with Gasteiger partial charge in [0.25, 0.3) is 0 Å². The van der Waals surface area contributed by atoms with Crippen LogP contribution in [-0.2, 0) is 4.74 Å². The second-order valence-electron chi connectivity index (χ2n) is 6.33. The first kappa shape index (κ1) is 15.8. The van der Waals surface area contributed by atoms with Crippen LogP contribution in [0.15, 0.2) is 12.4 Å². The van der Waals surface area contributed by atoms with Gasteiger partial charge in [-0.2, -0.15) is 4.98 Å². The van der Waals surface area contributed by atoms with E-state index in [1.54, 1.807) is 10.6 Å². The molecule has 0 unspecified atom stereocenters. The van der Waals surface area contributed by atoms with E-state index in [9.17, 15) is 4.79 Å². The number of hydrogen-bond acceptors (Lipinski definition) is 5. The number of carbonyl (C=O) groups excluding carboxylic acids is 1. The molecule has 0 atom stereocenters. The minimum atomic E-state index is -0.456. The standard InChI is InChI=1S/C17H23N3O3/c1-11(2)23-15-13(16(21)22-3)9-20-10-14(18-17(20)19-15)12-7-5-4-6-8-12/h9-12H,4-8H2,1-3H3. The first-order chi connectivity index (χ1) is 11.1. The van der Waals surface area contributed by atoms with Crippen molar-refractivity contribution in [1.82, 2.24) is 14.4 Å². The van der Waals surface area contributed by atoms with E-state index < -0.39 is 5.97 Å². The van der Waals surface area contributed by atoms with Gasteiger partial charge in [0.05, 0.1) is 18.9 Å². The molecule has 3 rings (SSSR count). The van der Waals surface area contributed by atoms with Gasteiger partial charge in [0.15, 0.2) is 0 Å². The molecule has 6 heteroatoms. The maximum Gasteiger partial charge on any atom is 0.344 e. The molecule has 124 valence electrons. The zero-order chi connectivity index (χ0) is 16.4. The van der Waals surface area contributed by atoms with Crippen LogP contribution in [0.25, 0.3) is 5.78 Å². The van der Waals surface area contributed by atoms with E-state index in [0.29, 0.717) is 17.3 Å². The second kappa shape index (κ2) is 6.56. The highest BCUT2D eigenvalue weighted by Gasteiger charge is 2.22. The Morgan fingerprint density at radius 1 is 1.22 bits per heavy atom. The Bertz CT molecular complexity index is 702. The summed E-state index contributed by atoms with van der Waals surface area (Å²) in [5.41, 5.74) is 1.37. The number of ether oxygens (including phenoxy) is 2. The Balaban J connectivity index is 2.01. The van der Waals surface area contributed by atoms with Crippen molar-refractivity contribution in [1.29, 1.82) is 0 Å². The number of fused-ring (bicyclic) bond motifs is 1. The fourth-order valence-corrected chi connectivity index (χ4v) is 3.08. The van der Waals surface area contributed by atoms with Gasteiger partial charge in [0.2, 0.25) is 11.7 Å². The molecule has 2 heterocycles. The number of hydrogen-bond donors (Lipinski definition) is 0. The number of rotatable bonds is 4. The number of carbonyl (C=O) groups is 1. The zero-order valence-corrected chi connectivity index (χ0v) is 13.9. The van der Waals surface area contributed by atoms with Crippen LogP contribution in [0, 0.1) is 0 Å². The highest BCUT2D eigenvalue weighted by Crippen LogP contribution is 2.32. The maximum absolute atomic E-state index is 12.0. The molecular weight excluding hydrogens is 294 g/mol. The molecule has 0 amide bonds. The van der Waals surface area contributed by atoms with Crippen molar-refractivity contribution in [3.8, 4) is 5.88 Å². The molecule has 0 aliphatic heterocycles. The summed E-state index contributed by atoms with van der Waals surface area (Å²) in [6, 6.07) is 0. The molecule has 2 aromatic rings. The molecule has 0 aromatic carbocycles. The first-order valence-corrected chi connectivity index (χ1v) is 8.23. The molecule has 2 aromatic heterocycles. The Kier molecular flexibility index (Phi) is 4.50. The van der Waals surface area contributed by atoms with E-state index >= 15 is 0 Å². The smallest absolute Gasteiger partial charge is 0.344 e. The molecule has 6 nitrogen and oxygen atoms in total. The van der Waals surface area contributed by atoms with Crippen LogP contribution in [0.5, 0.6) is 5.88 Å². The van der Waals surface area contributed by atoms with Crippen LogP contribution in [-0.4, -0.2) is 33.6 Å². The topological polar surface area (TPSA) is 65.7 Å². The fourth-order valence-electron chi connectivity index (χ4n) is 3.08. The Hall–Kier alpha value is -2.11. The first-order valence-electron chi connectivity index (χ1n) is 8.23. The van der Waals surface area contributed by atoms with E-state index in [1.165, 1.54) is 39.2 Å². The van der Waals surface area contributed by atoms with Gasteiger partial charge in [-0.3, -0.25) is 4.40 Å². The van der Waals surface area contributed by atoms with Gasteiger partial charge in [-0.1, -0.05) is 19.3 Å². The van der Waals surface area contributed by atoms with Gasteiger partial charge in [-0.15, -0.1) is 0 Å². The summed E-state index contributed by atoms with van der Waals surface area (Å²) in [7, 11) is 1.35. The summed E-state index contributed by atoms with van der Waals surface area (Å²) >= 11 is 0. The SMILES string of the molecule is COC(=O)c1cn2cc(C3CCCCC3)nc2nc1OC(C)C. The van der Waals surface area contributed by atoms with Gasteiger partial charge in [0.1, 0.15) is 5.56 Å². The van der Waals surface area contributed by atoms with E-state index in [1.807, 2.05) is 20.0 Å². The Morgan fingerprint density at radius 2 is 1.96 bits per heavy atom. The van der Waals surface area contributed by atoms with Crippen molar-refractivity contribution in [2.75, 3.05) is 7.11 Å². The normalized spacial score (nSPS) is 16.0. The molecule has 23 heavy (non-hydrogen) atoms. The Morgan fingerprint density at radius 3 is 2.61 bits per heavy atom. The highest BCUT2D eigenvalue weighted by molar-refractivity contribution is 5.91. The predicted octanol–water partition coefficient (Wildman–Crippen LogP) is 3.35. The lowest BCUT2D eigenvalue weighted by molar-refractivity contribution is 0.0592. The lowest BCUT2D eigenvalue weighted by atomic mass is 9.87. The second-order valence-corrected chi connectivity index (χ2v) is 6.33. The van der Waals surface area contributed by atoms with Crippen molar-refractivity contribution >= 4 is 11.7 Å². The third kappa shape index (κ3) is 3.30. The van der Waals surface area contributed by atoms with Gasteiger partial charge >= 0.3 is 5.97 Å². The number of nitrogens with zero attached hydrogens (tertiary/aromatic N) is 3. The third-order valence-electron chi connectivity index (χ3n) is 4.21. The fraction of sp³-hybridized carbons (Fsp3) is 0.588. The van der Waals surface area contributed by atoms with Crippen molar-refractivity contribution < 1.29 is 14.3 Å². The average Bonchev–Trinajstić information content (AvgIpc) is 2.96. The summed E-state index contributed by atoms with van der Waals surface area (Å²) in [5, 5.41) is 0. The largest absolute Gasteiger partial charge is 0.474 e. The Labute approximate surface area is 135 Å². The minimum absolute atomic E-state index is 0.0823. The summed E-state index contributed by atoms with van der Waals surface area (Å²) < 4.78 is 12.3. The molecule has 1 aliphatic carbocycles. The third-order valence-corrected chi connectivity index (χ3v) is 4.21. The van der Waals surface area contributed by atoms with Gasteiger partial charge in [0, 0.05) is 18.3 Å². The van der Waals surface area contributed by atoms with E-state index in [4.69, 9.17) is 9.47 Å². The van der Waals surface area contributed by atoms with Crippen LogP contribution in [0.4, 0.5) is 0 Å². The van der Waals surface area contributed by atoms with Gasteiger partial charge < -0.3 is 9.47 Å². The summed E-state index contributed by atoms with van der Waals surface area (Å²) in [4.78, 5) is 21.1. The van der Waals surface area contributed by atoms with Gasteiger partial charge in [-0.25, -0.2) is 9.78 Å². The van der Waals surface area contributed by atoms with Crippen molar-refractivity contribution in [3.63, 3.8) is 0 Å². The molecule has 0 radical (unpaired) electrons. The minimum Gasteiger partial charge on any atom is -0.474 e. The molecule has 0 N–H and O–H groups in total. The van der Waals surface area contributed by atoms with Crippen LogP contribution >= 0.6 is 0 Å². The number of imidazole rings is 1. The lowest BCUT2D eigenvalue weighted by Crippen LogP contribution is -2.13. The highest BCUT2D eigenvalue weighted by atomic mass is 16.5. The number of methoxy groups -OCH3 is 1. The molecule has 0 saturated heterocycles. The summed E-state index contributed by atoms with van der Waals surface area (Å²) in [6.07, 6.45) is 9.74. The van der Waals surface area contributed by atoms with Crippen molar-refractivity contribution in [2.24, 2.45) is 0 Å². The van der Waals surface area contributed by atoms with Crippen LogP contribution in [0.3, 0.4) is 0 Å². The molecule has 0 bridgehead atoms. The number of aromatic nitrogens is 3. The monoisotopic (exact) mass is 317 g/mol. The zero-order valence-electron chi connectivity index (χ0n) is 13.9. The number of esters is 1. The van der Waals surface area contributed by atoms with Crippen LogP contribution in [0.2, 0.25) is 0 Å². The molecule has 1 fully saturated rings. The lowest BCUT2D eigenvalue weighted by Gasteiger charge is -2.19.